The number of hydrogen-bond donors (Lipinski definition) is 1. The van der Waals surface area contributed by atoms with Crippen molar-refractivity contribution in [3.05, 3.63) is 29.3 Å². The summed E-state index contributed by atoms with van der Waals surface area (Å²) in [6, 6.07) is 6.16. The van der Waals surface area contributed by atoms with Crippen molar-refractivity contribution in [2.75, 3.05) is 45.7 Å². The summed E-state index contributed by atoms with van der Waals surface area (Å²) in [5, 5.41) is 3.12. The Hall–Kier alpha value is -2.28. The molecule has 2 heterocycles. The number of nitrogens with one attached hydrogen (secondary N) is 1. The van der Waals surface area contributed by atoms with Gasteiger partial charge in [-0.3, -0.25) is 0 Å². The summed E-state index contributed by atoms with van der Waals surface area (Å²) < 4.78 is 5.51. The van der Waals surface area contributed by atoms with Crippen LogP contribution in [0.3, 0.4) is 0 Å². The third-order valence-electron chi connectivity index (χ3n) is 5.66. The molecule has 2 saturated heterocycles. The van der Waals surface area contributed by atoms with Crippen molar-refractivity contribution in [3.8, 4) is 0 Å². The van der Waals surface area contributed by atoms with E-state index in [0.717, 1.165) is 36.1 Å². The number of aryl methyl sites for hydroxylation is 2. The van der Waals surface area contributed by atoms with Gasteiger partial charge in [0.25, 0.3) is 0 Å². The Morgan fingerprint density at radius 1 is 1.11 bits per heavy atom. The molecule has 1 atom stereocenters. The number of likely N-dealkylation sites (tertiary alicyclic amines) is 1. The summed E-state index contributed by atoms with van der Waals surface area (Å²) in [6.07, 6.45) is 2.47. The Balaban J connectivity index is 1.78. The maximum absolute atomic E-state index is 13.3. The first kappa shape index (κ1) is 20.5. The highest BCUT2D eigenvalue weighted by Gasteiger charge is 2.37. The Kier molecular flexibility index (Phi) is 6.44. The molecule has 0 radical (unpaired) electrons. The number of amides is 4. The molecular weight excluding hydrogens is 356 g/mol. The van der Waals surface area contributed by atoms with Gasteiger partial charge in [-0.25, -0.2) is 9.59 Å². The number of nitrogens with zero attached hydrogens (tertiary/aromatic N) is 3. The van der Waals surface area contributed by atoms with E-state index in [4.69, 9.17) is 4.74 Å². The van der Waals surface area contributed by atoms with Crippen LogP contribution in [0.15, 0.2) is 18.2 Å². The monoisotopic (exact) mass is 388 g/mol. The fourth-order valence-corrected chi connectivity index (χ4v) is 4.07. The van der Waals surface area contributed by atoms with E-state index in [1.165, 1.54) is 0 Å². The lowest BCUT2D eigenvalue weighted by molar-refractivity contribution is 0.0370. The lowest BCUT2D eigenvalue weighted by atomic mass is 10.0. The third-order valence-corrected chi connectivity index (χ3v) is 5.66. The molecule has 1 aromatic rings. The predicted octanol–water partition coefficient (Wildman–Crippen LogP) is 3.07. The van der Waals surface area contributed by atoms with Gasteiger partial charge in [-0.2, -0.15) is 0 Å². The molecule has 7 nitrogen and oxygen atoms in total. The zero-order chi connectivity index (χ0) is 20.3. The van der Waals surface area contributed by atoms with E-state index in [1.807, 2.05) is 41.8 Å². The molecule has 4 amide bonds. The van der Waals surface area contributed by atoms with Gasteiger partial charge in [0, 0.05) is 52.1 Å². The van der Waals surface area contributed by atoms with Gasteiger partial charge in [0.1, 0.15) is 0 Å². The molecule has 0 aromatic heterocycles. The van der Waals surface area contributed by atoms with E-state index in [2.05, 4.69) is 5.32 Å². The highest BCUT2D eigenvalue weighted by molar-refractivity contribution is 5.91. The van der Waals surface area contributed by atoms with Crippen molar-refractivity contribution in [2.24, 2.45) is 0 Å². The van der Waals surface area contributed by atoms with Crippen LogP contribution in [0.1, 0.15) is 30.4 Å². The predicted molar refractivity (Wildman–Crippen MR) is 110 cm³/mol. The Labute approximate surface area is 167 Å². The number of rotatable bonds is 3. The van der Waals surface area contributed by atoms with Gasteiger partial charge < -0.3 is 24.8 Å². The van der Waals surface area contributed by atoms with E-state index in [1.54, 1.807) is 19.0 Å². The molecule has 1 unspecified atom stereocenters. The van der Waals surface area contributed by atoms with E-state index < -0.39 is 0 Å². The molecule has 1 aromatic carbocycles. The fourth-order valence-electron chi connectivity index (χ4n) is 4.07. The van der Waals surface area contributed by atoms with Crippen molar-refractivity contribution in [1.82, 2.24) is 14.7 Å². The number of urea groups is 2. The molecule has 0 bridgehead atoms. The van der Waals surface area contributed by atoms with Crippen LogP contribution >= 0.6 is 0 Å². The molecule has 0 aliphatic carbocycles. The zero-order valence-corrected chi connectivity index (χ0v) is 17.4. The summed E-state index contributed by atoms with van der Waals surface area (Å²) in [4.78, 5) is 31.1. The second-order valence-corrected chi connectivity index (χ2v) is 8.06. The number of carbonyl (C=O) groups is 2. The highest BCUT2D eigenvalue weighted by Crippen LogP contribution is 2.26. The van der Waals surface area contributed by atoms with Crippen LogP contribution in [0.25, 0.3) is 0 Å². The van der Waals surface area contributed by atoms with E-state index in [9.17, 15) is 9.59 Å². The highest BCUT2D eigenvalue weighted by atomic mass is 16.5. The lowest BCUT2D eigenvalue weighted by Gasteiger charge is -2.38. The van der Waals surface area contributed by atoms with Crippen LogP contribution in [0, 0.1) is 13.8 Å². The van der Waals surface area contributed by atoms with Crippen LogP contribution in [0.2, 0.25) is 0 Å². The average molecular weight is 389 g/mol. The maximum atomic E-state index is 13.3. The molecule has 2 aliphatic heterocycles. The quantitative estimate of drug-likeness (QED) is 0.865. The van der Waals surface area contributed by atoms with Crippen molar-refractivity contribution >= 4 is 17.7 Å². The molecule has 0 saturated carbocycles. The Bertz CT molecular complexity index is 716. The standard InChI is InChI=1S/C21H32N4O3/c1-15-5-6-16(2)19(13-15)22-20(26)25(17-8-11-28-12-9-17)18-7-10-24(14-18)21(27)23(3)4/h5-6,13,17-18H,7-12,14H2,1-4H3,(H,22,26). The topological polar surface area (TPSA) is 65.1 Å². The number of ether oxygens (including phenoxy) is 1. The lowest BCUT2D eigenvalue weighted by Crippen LogP contribution is -2.52. The molecule has 0 spiro atoms. The van der Waals surface area contributed by atoms with E-state index in [-0.39, 0.29) is 24.1 Å². The first-order valence-electron chi connectivity index (χ1n) is 10.1. The van der Waals surface area contributed by atoms with Crippen LogP contribution in [0.4, 0.5) is 15.3 Å². The second kappa shape index (κ2) is 8.82. The van der Waals surface area contributed by atoms with Crippen LogP contribution in [-0.2, 0) is 4.74 Å². The van der Waals surface area contributed by atoms with Crippen LogP contribution in [-0.4, -0.2) is 79.2 Å². The Morgan fingerprint density at radius 3 is 2.50 bits per heavy atom. The largest absolute Gasteiger partial charge is 0.381 e. The minimum Gasteiger partial charge on any atom is -0.381 e. The maximum Gasteiger partial charge on any atom is 0.322 e. The fraction of sp³-hybridized carbons (Fsp3) is 0.619. The van der Waals surface area contributed by atoms with Gasteiger partial charge in [-0.15, -0.1) is 0 Å². The third kappa shape index (κ3) is 4.58. The molecule has 7 heteroatoms. The normalized spacial score (nSPS) is 20.1. The van der Waals surface area contributed by atoms with E-state index >= 15 is 0 Å². The summed E-state index contributed by atoms with van der Waals surface area (Å²) in [5.74, 6) is 0. The molecule has 2 aliphatic rings. The Morgan fingerprint density at radius 2 is 1.82 bits per heavy atom. The smallest absolute Gasteiger partial charge is 0.322 e. The van der Waals surface area contributed by atoms with Crippen molar-refractivity contribution in [1.29, 1.82) is 0 Å². The van der Waals surface area contributed by atoms with Gasteiger partial charge in [0.05, 0.1) is 6.04 Å². The molecule has 28 heavy (non-hydrogen) atoms. The summed E-state index contributed by atoms with van der Waals surface area (Å²) in [5.41, 5.74) is 3.00. The average Bonchev–Trinajstić information content (AvgIpc) is 3.14. The molecule has 2 fully saturated rings. The van der Waals surface area contributed by atoms with Gasteiger partial charge in [0.15, 0.2) is 0 Å². The molecule has 154 valence electrons. The number of anilines is 1. The first-order chi connectivity index (χ1) is 13.4. The molecule has 1 N–H and O–H groups in total. The zero-order valence-electron chi connectivity index (χ0n) is 17.4. The number of carbonyl (C=O) groups excluding carboxylic acids is 2. The van der Waals surface area contributed by atoms with Gasteiger partial charge in [-0.1, -0.05) is 12.1 Å². The summed E-state index contributed by atoms with van der Waals surface area (Å²) >= 11 is 0. The van der Waals surface area contributed by atoms with Crippen molar-refractivity contribution in [3.63, 3.8) is 0 Å². The van der Waals surface area contributed by atoms with Gasteiger partial charge in [-0.05, 0) is 50.3 Å². The van der Waals surface area contributed by atoms with Crippen LogP contribution < -0.4 is 5.32 Å². The minimum absolute atomic E-state index is 0.00404. The number of hydrogen-bond acceptors (Lipinski definition) is 3. The molecular formula is C21H32N4O3. The number of benzene rings is 1. The summed E-state index contributed by atoms with van der Waals surface area (Å²) in [7, 11) is 3.53. The van der Waals surface area contributed by atoms with E-state index in [0.29, 0.717) is 26.3 Å². The van der Waals surface area contributed by atoms with Crippen molar-refractivity contribution in [2.45, 2.75) is 45.2 Å². The SMILES string of the molecule is Cc1ccc(C)c(NC(=O)N(C2CCOCC2)C2CCN(C(=O)N(C)C)C2)c1. The van der Waals surface area contributed by atoms with Crippen LogP contribution in [0.5, 0.6) is 0 Å². The molecule has 3 rings (SSSR count). The first-order valence-corrected chi connectivity index (χ1v) is 10.1. The van der Waals surface area contributed by atoms with Gasteiger partial charge >= 0.3 is 12.1 Å². The second-order valence-electron chi connectivity index (χ2n) is 8.06. The van der Waals surface area contributed by atoms with Crippen molar-refractivity contribution < 1.29 is 14.3 Å². The van der Waals surface area contributed by atoms with Gasteiger partial charge in [0.2, 0.25) is 0 Å². The minimum atomic E-state index is -0.0789. The summed E-state index contributed by atoms with van der Waals surface area (Å²) in [6.45, 7) is 6.62.